The largest absolute Gasteiger partial charge is 0.290 e. The zero-order chi connectivity index (χ0) is 20.4. The molecule has 0 saturated heterocycles. The van der Waals surface area contributed by atoms with Crippen molar-refractivity contribution >= 4 is 38.9 Å². The second-order valence-corrected chi connectivity index (χ2v) is 7.08. The first-order valence-electron chi connectivity index (χ1n) is 9.70. The van der Waals surface area contributed by atoms with Crippen molar-refractivity contribution in [1.82, 2.24) is 0 Å². The summed E-state index contributed by atoms with van der Waals surface area (Å²) < 4.78 is 0. The van der Waals surface area contributed by atoms with Gasteiger partial charge < -0.3 is 0 Å². The van der Waals surface area contributed by atoms with Crippen LogP contribution in [-0.2, 0) is 9.59 Å². The van der Waals surface area contributed by atoms with Gasteiger partial charge in [-0.3, -0.25) is 14.4 Å². The van der Waals surface area contributed by atoms with Gasteiger partial charge in [-0.2, -0.15) is 0 Å². The van der Waals surface area contributed by atoms with E-state index in [1.54, 1.807) is 18.2 Å². The SMILES string of the molecule is CCC(C(=O)C(=O)C(=O)c1cccc2ccccc12)c1cccc2ccccc12. The molecule has 0 bridgehead atoms. The Bertz CT molecular complexity index is 1240. The van der Waals surface area contributed by atoms with Crippen molar-refractivity contribution < 1.29 is 14.4 Å². The van der Waals surface area contributed by atoms with E-state index in [2.05, 4.69) is 0 Å². The molecule has 0 saturated carbocycles. The minimum Gasteiger partial charge on any atom is -0.290 e. The van der Waals surface area contributed by atoms with Gasteiger partial charge in [0.2, 0.25) is 11.6 Å². The summed E-state index contributed by atoms with van der Waals surface area (Å²) in [5.74, 6) is -3.00. The summed E-state index contributed by atoms with van der Waals surface area (Å²) in [6.45, 7) is 1.86. The highest BCUT2D eigenvalue weighted by molar-refractivity contribution is 6.68. The monoisotopic (exact) mass is 380 g/mol. The van der Waals surface area contributed by atoms with Crippen LogP contribution in [0.15, 0.2) is 84.9 Å². The van der Waals surface area contributed by atoms with Crippen LogP contribution in [0.4, 0.5) is 0 Å². The average Bonchev–Trinajstić information content (AvgIpc) is 2.78. The van der Waals surface area contributed by atoms with Gasteiger partial charge in [0.15, 0.2) is 0 Å². The highest BCUT2D eigenvalue weighted by Crippen LogP contribution is 2.29. The molecule has 1 atom stereocenters. The van der Waals surface area contributed by atoms with E-state index in [1.165, 1.54) is 0 Å². The molecule has 3 heteroatoms. The van der Waals surface area contributed by atoms with Crippen LogP contribution in [0.1, 0.15) is 35.2 Å². The Morgan fingerprint density at radius 1 is 0.690 bits per heavy atom. The van der Waals surface area contributed by atoms with Gasteiger partial charge in [0.1, 0.15) is 0 Å². The molecule has 29 heavy (non-hydrogen) atoms. The first kappa shape index (κ1) is 18.8. The molecule has 0 amide bonds. The van der Waals surface area contributed by atoms with Gasteiger partial charge in [0.25, 0.3) is 5.78 Å². The van der Waals surface area contributed by atoms with E-state index in [4.69, 9.17) is 0 Å². The molecule has 3 nitrogen and oxygen atoms in total. The number of carbonyl (C=O) groups excluding carboxylic acids is 3. The molecule has 0 N–H and O–H groups in total. The molecule has 0 aromatic heterocycles. The summed E-state index contributed by atoms with van der Waals surface area (Å²) >= 11 is 0. The maximum Gasteiger partial charge on any atom is 0.269 e. The maximum atomic E-state index is 13.1. The Balaban J connectivity index is 1.72. The molecule has 0 radical (unpaired) electrons. The van der Waals surface area contributed by atoms with Crippen LogP contribution < -0.4 is 0 Å². The molecular formula is C26H20O3. The minimum atomic E-state index is -0.957. The van der Waals surface area contributed by atoms with Gasteiger partial charge in [-0.15, -0.1) is 0 Å². The molecule has 0 heterocycles. The molecule has 0 spiro atoms. The van der Waals surface area contributed by atoms with E-state index in [9.17, 15) is 14.4 Å². The number of hydrogen-bond donors (Lipinski definition) is 0. The molecule has 4 rings (SSSR count). The summed E-state index contributed by atoms with van der Waals surface area (Å²) in [5.41, 5.74) is 1.06. The quantitative estimate of drug-likeness (QED) is 0.252. The van der Waals surface area contributed by atoms with Crippen molar-refractivity contribution in [3.05, 3.63) is 96.1 Å². The zero-order valence-electron chi connectivity index (χ0n) is 16.1. The lowest BCUT2D eigenvalue weighted by Gasteiger charge is -2.16. The van der Waals surface area contributed by atoms with Gasteiger partial charge >= 0.3 is 0 Å². The Morgan fingerprint density at radius 3 is 1.93 bits per heavy atom. The van der Waals surface area contributed by atoms with E-state index in [0.717, 1.165) is 21.7 Å². The smallest absolute Gasteiger partial charge is 0.269 e. The fraction of sp³-hybridized carbons (Fsp3) is 0.115. The zero-order valence-corrected chi connectivity index (χ0v) is 16.1. The van der Waals surface area contributed by atoms with Crippen LogP contribution in [-0.4, -0.2) is 17.3 Å². The number of benzene rings is 4. The number of rotatable bonds is 6. The molecule has 0 fully saturated rings. The molecule has 142 valence electrons. The summed E-state index contributed by atoms with van der Waals surface area (Å²) in [6.07, 6.45) is 0.446. The normalized spacial score (nSPS) is 12.0. The van der Waals surface area contributed by atoms with Gasteiger partial charge in [-0.1, -0.05) is 91.9 Å². The van der Waals surface area contributed by atoms with Crippen LogP contribution in [0.3, 0.4) is 0 Å². The third-order valence-electron chi connectivity index (χ3n) is 5.39. The number of Topliss-reactive ketones (excluding diaryl/α,β-unsaturated/α-hetero) is 3. The molecule has 1 unspecified atom stereocenters. The Morgan fingerprint density at radius 2 is 1.24 bits per heavy atom. The highest BCUT2D eigenvalue weighted by atomic mass is 16.2. The van der Waals surface area contributed by atoms with Gasteiger partial charge in [-0.25, -0.2) is 0 Å². The first-order valence-corrected chi connectivity index (χ1v) is 9.70. The van der Waals surface area contributed by atoms with E-state index < -0.39 is 23.3 Å². The van der Waals surface area contributed by atoms with Crippen LogP contribution in [0.25, 0.3) is 21.5 Å². The predicted octanol–water partition coefficient (Wildman–Crippen LogP) is 5.51. The van der Waals surface area contributed by atoms with Crippen LogP contribution in [0.5, 0.6) is 0 Å². The van der Waals surface area contributed by atoms with Crippen molar-refractivity contribution in [3.8, 4) is 0 Å². The Labute approximate surface area is 169 Å². The molecule has 4 aromatic carbocycles. The number of fused-ring (bicyclic) bond motifs is 2. The third-order valence-corrected chi connectivity index (χ3v) is 5.39. The predicted molar refractivity (Wildman–Crippen MR) is 115 cm³/mol. The summed E-state index contributed by atoms with van der Waals surface area (Å²) in [6, 6.07) is 26.0. The van der Waals surface area contributed by atoms with Crippen LogP contribution in [0.2, 0.25) is 0 Å². The second-order valence-electron chi connectivity index (χ2n) is 7.08. The van der Waals surface area contributed by atoms with Crippen LogP contribution >= 0.6 is 0 Å². The van der Waals surface area contributed by atoms with E-state index in [-0.39, 0.29) is 5.56 Å². The standard InChI is InChI=1S/C26H20O3/c1-2-19(22-15-7-11-17-9-3-5-13-20(17)22)24(27)26(29)25(28)23-16-8-12-18-10-4-6-14-21(18)23/h3-16,19H,2H2,1H3. The lowest BCUT2D eigenvalue weighted by molar-refractivity contribution is -0.134. The summed E-state index contributed by atoms with van der Waals surface area (Å²) in [4.78, 5) is 38.9. The Hall–Kier alpha value is -3.59. The molecule has 0 aliphatic rings. The number of ketones is 3. The van der Waals surface area contributed by atoms with E-state index >= 15 is 0 Å². The van der Waals surface area contributed by atoms with Crippen molar-refractivity contribution in [1.29, 1.82) is 0 Å². The van der Waals surface area contributed by atoms with Gasteiger partial charge in [0, 0.05) is 5.56 Å². The van der Waals surface area contributed by atoms with Crippen molar-refractivity contribution in [2.75, 3.05) is 0 Å². The average molecular weight is 380 g/mol. The van der Waals surface area contributed by atoms with E-state index in [1.807, 2.05) is 73.7 Å². The fourth-order valence-corrected chi connectivity index (χ4v) is 3.92. The highest BCUT2D eigenvalue weighted by Gasteiger charge is 2.32. The van der Waals surface area contributed by atoms with Gasteiger partial charge in [0.05, 0.1) is 5.92 Å². The topological polar surface area (TPSA) is 51.2 Å². The molecular weight excluding hydrogens is 360 g/mol. The van der Waals surface area contributed by atoms with E-state index in [0.29, 0.717) is 11.8 Å². The van der Waals surface area contributed by atoms with Crippen molar-refractivity contribution in [2.24, 2.45) is 0 Å². The maximum absolute atomic E-state index is 13.1. The first-order chi connectivity index (χ1) is 14.1. The van der Waals surface area contributed by atoms with Crippen molar-refractivity contribution in [2.45, 2.75) is 19.3 Å². The Kier molecular flexibility index (Phi) is 5.05. The number of carbonyl (C=O) groups is 3. The third kappa shape index (κ3) is 3.36. The lowest BCUT2D eigenvalue weighted by atomic mass is 9.85. The minimum absolute atomic E-state index is 0.272. The second kappa shape index (κ2) is 7.80. The summed E-state index contributed by atoms with van der Waals surface area (Å²) in [7, 11) is 0. The molecule has 0 aliphatic heterocycles. The fourth-order valence-electron chi connectivity index (χ4n) is 3.92. The van der Waals surface area contributed by atoms with Gasteiger partial charge in [-0.05, 0) is 33.5 Å². The van der Waals surface area contributed by atoms with Crippen LogP contribution in [0, 0.1) is 0 Å². The summed E-state index contributed by atoms with van der Waals surface area (Å²) in [5, 5.41) is 3.48. The molecule has 0 aliphatic carbocycles. The van der Waals surface area contributed by atoms with Crippen molar-refractivity contribution in [3.63, 3.8) is 0 Å². The number of hydrogen-bond acceptors (Lipinski definition) is 3. The lowest BCUT2D eigenvalue weighted by Crippen LogP contribution is -2.29. The molecule has 4 aromatic rings.